The van der Waals surface area contributed by atoms with E-state index in [-0.39, 0.29) is 18.5 Å². The van der Waals surface area contributed by atoms with Crippen molar-refractivity contribution < 1.29 is 14.7 Å². The molecule has 0 saturated heterocycles. The van der Waals surface area contributed by atoms with Crippen LogP contribution in [-0.2, 0) is 11.3 Å². The Morgan fingerprint density at radius 1 is 1.38 bits per heavy atom. The lowest BCUT2D eigenvalue weighted by Gasteiger charge is -2.34. The number of hydrogen-bond acceptors (Lipinski definition) is 2. The number of hydrogen-bond donors (Lipinski definition) is 2. The van der Waals surface area contributed by atoms with Crippen LogP contribution in [0.3, 0.4) is 0 Å². The zero-order chi connectivity index (χ0) is 15.4. The lowest BCUT2D eigenvalue weighted by atomic mass is 9.78. The van der Waals surface area contributed by atoms with Crippen molar-refractivity contribution in [2.75, 3.05) is 0 Å². The number of carbonyl (C=O) groups is 2. The van der Waals surface area contributed by atoms with E-state index in [2.05, 4.69) is 19.2 Å². The molecule has 0 bridgehead atoms. The average molecular weight is 292 g/mol. The fraction of sp³-hybridized carbons (Fsp3) is 0.625. The van der Waals surface area contributed by atoms with Crippen LogP contribution in [0.25, 0.3) is 0 Å². The largest absolute Gasteiger partial charge is 0.480 e. The van der Waals surface area contributed by atoms with Crippen molar-refractivity contribution in [2.45, 2.75) is 52.1 Å². The quantitative estimate of drug-likeness (QED) is 0.876. The lowest BCUT2D eigenvalue weighted by Crippen LogP contribution is -2.44. The smallest absolute Gasteiger partial charge is 0.323 e. The van der Waals surface area contributed by atoms with Crippen molar-refractivity contribution in [3.63, 3.8) is 0 Å². The molecule has 116 valence electrons. The summed E-state index contributed by atoms with van der Waals surface area (Å²) in [5.41, 5.74) is 0.422. The first-order valence-corrected chi connectivity index (χ1v) is 7.67. The third kappa shape index (κ3) is 3.86. The lowest BCUT2D eigenvalue weighted by molar-refractivity contribution is -0.137. The summed E-state index contributed by atoms with van der Waals surface area (Å²) in [5.74, 6) is -0.0660. The average Bonchev–Trinajstić information content (AvgIpc) is 2.86. The second-order valence-electron chi connectivity index (χ2n) is 6.19. The normalized spacial score (nSPS) is 22.2. The van der Waals surface area contributed by atoms with Gasteiger partial charge in [-0.3, -0.25) is 9.59 Å². The van der Waals surface area contributed by atoms with Gasteiger partial charge in [-0.25, -0.2) is 0 Å². The maximum Gasteiger partial charge on any atom is 0.323 e. The number of carboxylic acid groups (broad SMARTS) is 1. The highest BCUT2D eigenvalue weighted by Gasteiger charge is 2.29. The number of amides is 1. The molecule has 0 radical (unpaired) electrons. The highest BCUT2D eigenvalue weighted by molar-refractivity contribution is 5.93. The van der Waals surface area contributed by atoms with Gasteiger partial charge in [-0.1, -0.05) is 26.7 Å². The summed E-state index contributed by atoms with van der Waals surface area (Å²) >= 11 is 0. The molecule has 5 heteroatoms. The Morgan fingerprint density at radius 3 is 2.76 bits per heavy atom. The Kier molecular flexibility index (Phi) is 5.04. The third-order valence-corrected chi connectivity index (χ3v) is 4.36. The zero-order valence-corrected chi connectivity index (χ0v) is 12.7. The van der Waals surface area contributed by atoms with Crippen LogP contribution in [0, 0.1) is 11.8 Å². The van der Waals surface area contributed by atoms with Gasteiger partial charge in [-0.05, 0) is 36.8 Å². The Labute approximate surface area is 125 Å². The topological polar surface area (TPSA) is 71.3 Å². The number of rotatable bonds is 5. The van der Waals surface area contributed by atoms with Crippen molar-refractivity contribution in [1.29, 1.82) is 0 Å². The summed E-state index contributed by atoms with van der Waals surface area (Å²) < 4.78 is 1.48. The van der Waals surface area contributed by atoms with E-state index in [1.54, 1.807) is 18.3 Å². The second-order valence-corrected chi connectivity index (χ2v) is 6.19. The van der Waals surface area contributed by atoms with Crippen LogP contribution in [0.4, 0.5) is 0 Å². The summed E-state index contributed by atoms with van der Waals surface area (Å²) in [5, 5.41) is 12.0. The number of nitrogens with zero attached hydrogens (tertiary/aromatic N) is 1. The molecule has 0 aliphatic heterocycles. The molecule has 1 aromatic heterocycles. The first-order chi connectivity index (χ1) is 9.99. The molecule has 21 heavy (non-hydrogen) atoms. The van der Waals surface area contributed by atoms with Crippen LogP contribution in [0.1, 0.15) is 50.0 Å². The Balaban J connectivity index is 2.06. The van der Waals surface area contributed by atoms with Gasteiger partial charge in [-0.15, -0.1) is 0 Å². The van der Waals surface area contributed by atoms with Gasteiger partial charge < -0.3 is 15.0 Å². The number of aromatic nitrogens is 1. The highest BCUT2D eigenvalue weighted by atomic mass is 16.4. The fourth-order valence-corrected chi connectivity index (χ4v) is 3.28. The van der Waals surface area contributed by atoms with Crippen molar-refractivity contribution in [1.82, 2.24) is 9.88 Å². The van der Waals surface area contributed by atoms with Gasteiger partial charge in [-0.2, -0.15) is 0 Å². The number of aliphatic carboxylic acids is 1. The van der Waals surface area contributed by atoms with Gasteiger partial charge in [0.2, 0.25) is 0 Å². The second kappa shape index (κ2) is 6.78. The molecule has 0 aromatic carbocycles. The summed E-state index contributed by atoms with van der Waals surface area (Å²) in [7, 11) is 0. The Bertz CT molecular complexity index is 507. The molecule has 5 nitrogen and oxygen atoms in total. The van der Waals surface area contributed by atoms with E-state index in [4.69, 9.17) is 5.11 Å². The van der Waals surface area contributed by atoms with Crippen LogP contribution in [0.5, 0.6) is 0 Å². The fourth-order valence-electron chi connectivity index (χ4n) is 3.28. The van der Waals surface area contributed by atoms with E-state index < -0.39 is 5.97 Å². The third-order valence-electron chi connectivity index (χ3n) is 4.36. The molecule has 1 saturated carbocycles. The van der Waals surface area contributed by atoms with Crippen molar-refractivity contribution in [3.8, 4) is 0 Å². The van der Waals surface area contributed by atoms with Crippen LogP contribution >= 0.6 is 0 Å². The van der Waals surface area contributed by atoms with E-state index in [9.17, 15) is 9.59 Å². The summed E-state index contributed by atoms with van der Waals surface area (Å²) in [4.78, 5) is 23.2. The molecule has 1 heterocycles. The number of carbonyl (C=O) groups excluding carboxylic acids is 1. The van der Waals surface area contributed by atoms with E-state index >= 15 is 0 Å². The van der Waals surface area contributed by atoms with Gasteiger partial charge in [0.1, 0.15) is 12.2 Å². The molecule has 2 atom stereocenters. The number of carboxylic acids is 1. The maximum atomic E-state index is 12.4. The molecule has 1 fully saturated rings. The summed E-state index contributed by atoms with van der Waals surface area (Å²) in [6.45, 7) is 4.21. The molecule has 2 rings (SSSR count). The molecule has 1 aliphatic carbocycles. The van der Waals surface area contributed by atoms with E-state index in [1.165, 1.54) is 11.0 Å². The van der Waals surface area contributed by atoms with Crippen LogP contribution in [0.2, 0.25) is 0 Å². The van der Waals surface area contributed by atoms with E-state index in [1.807, 2.05) is 0 Å². The van der Waals surface area contributed by atoms with Gasteiger partial charge in [0.05, 0.1) is 0 Å². The minimum absolute atomic E-state index is 0.168. The van der Waals surface area contributed by atoms with Crippen molar-refractivity contribution in [2.24, 2.45) is 11.8 Å². The monoisotopic (exact) mass is 292 g/mol. The molecule has 2 N–H and O–H groups in total. The molecular weight excluding hydrogens is 268 g/mol. The highest BCUT2D eigenvalue weighted by Crippen LogP contribution is 2.30. The molecule has 1 aliphatic rings. The first kappa shape index (κ1) is 15.6. The predicted molar refractivity (Wildman–Crippen MR) is 80.1 cm³/mol. The maximum absolute atomic E-state index is 12.4. The van der Waals surface area contributed by atoms with E-state index in [0.29, 0.717) is 17.5 Å². The van der Waals surface area contributed by atoms with Gasteiger partial charge in [0.25, 0.3) is 5.91 Å². The SMILES string of the molecule is CC(C)C1CCCCC1NC(=O)c1cccn1CC(=O)O. The molecule has 1 amide bonds. The van der Waals surface area contributed by atoms with Gasteiger partial charge >= 0.3 is 5.97 Å². The standard InChI is InChI=1S/C16H24N2O3/c1-11(2)12-6-3-4-7-13(12)17-16(21)14-8-5-9-18(14)10-15(19)20/h5,8-9,11-13H,3-4,6-7,10H2,1-2H3,(H,17,21)(H,19,20). The number of nitrogens with one attached hydrogen (secondary N) is 1. The zero-order valence-electron chi connectivity index (χ0n) is 12.7. The van der Waals surface area contributed by atoms with E-state index in [0.717, 1.165) is 19.3 Å². The molecule has 0 spiro atoms. The molecule has 1 aromatic rings. The van der Waals surface area contributed by atoms with Crippen molar-refractivity contribution in [3.05, 3.63) is 24.0 Å². The first-order valence-electron chi connectivity index (χ1n) is 7.67. The van der Waals surface area contributed by atoms with Gasteiger partial charge in [0, 0.05) is 12.2 Å². The molecule has 2 unspecified atom stereocenters. The molecular formula is C16H24N2O3. The van der Waals surface area contributed by atoms with Crippen LogP contribution in [0.15, 0.2) is 18.3 Å². The summed E-state index contributed by atoms with van der Waals surface area (Å²) in [6.07, 6.45) is 6.16. The Hall–Kier alpha value is -1.78. The Morgan fingerprint density at radius 2 is 2.10 bits per heavy atom. The van der Waals surface area contributed by atoms with Crippen LogP contribution in [-0.4, -0.2) is 27.6 Å². The minimum Gasteiger partial charge on any atom is -0.480 e. The summed E-state index contributed by atoms with van der Waals surface area (Å²) in [6, 6.07) is 3.57. The van der Waals surface area contributed by atoms with Crippen molar-refractivity contribution >= 4 is 11.9 Å². The predicted octanol–water partition coefficient (Wildman–Crippen LogP) is 2.52. The minimum atomic E-state index is -0.946. The van der Waals surface area contributed by atoms with Gasteiger partial charge in [0.15, 0.2) is 0 Å². The van der Waals surface area contributed by atoms with Crippen LogP contribution < -0.4 is 5.32 Å².